The zero-order valence-electron chi connectivity index (χ0n) is 14.0. The average molecular weight is 409 g/mol. The molecular weight excluding hydrogens is 391 g/mol. The Morgan fingerprint density at radius 1 is 1.12 bits per heavy atom. The summed E-state index contributed by atoms with van der Waals surface area (Å²) in [5.74, 6) is -0.655. The highest BCUT2D eigenvalue weighted by molar-refractivity contribution is 7.89. The van der Waals surface area contributed by atoms with Crippen LogP contribution in [0.15, 0.2) is 23.1 Å². The lowest BCUT2D eigenvalue weighted by Gasteiger charge is -2.33. The molecule has 1 saturated heterocycles. The van der Waals surface area contributed by atoms with Gasteiger partial charge in [0.15, 0.2) is 0 Å². The number of rotatable bonds is 2. The third-order valence-electron chi connectivity index (χ3n) is 3.27. The van der Waals surface area contributed by atoms with Crippen LogP contribution in [0.2, 0.25) is 10.0 Å². The van der Waals surface area contributed by atoms with Gasteiger partial charge >= 0.3 is 6.09 Å². The average Bonchev–Trinajstić information content (AvgIpc) is 2.44. The fourth-order valence-corrected chi connectivity index (χ4v) is 4.30. The third-order valence-corrected chi connectivity index (χ3v) is 5.53. The van der Waals surface area contributed by atoms with Gasteiger partial charge in [-0.3, -0.25) is 4.79 Å². The van der Waals surface area contributed by atoms with Crippen LogP contribution in [0.5, 0.6) is 0 Å². The first-order valence-corrected chi connectivity index (χ1v) is 9.59. The monoisotopic (exact) mass is 408 g/mol. The molecule has 1 aromatic rings. The molecule has 7 nitrogen and oxygen atoms in total. The standard InChI is InChI=1S/C15H18Cl2N2O5S/c1-15(2,3)24-14(21)19-5-4-18(9-13(19)20)25(22,23)12-7-10(16)6-11(17)8-12/h6-8H,4-5,9H2,1-3H3. The Labute approximate surface area is 156 Å². The Bertz CT molecular complexity index is 784. The van der Waals surface area contributed by atoms with Gasteiger partial charge in [-0.2, -0.15) is 4.31 Å². The van der Waals surface area contributed by atoms with Gasteiger partial charge in [0.1, 0.15) is 5.60 Å². The predicted octanol–water partition coefficient (Wildman–Crippen LogP) is 2.76. The fourth-order valence-electron chi connectivity index (χ4n) is 2.19. The minimum absolute atomic E-state index is 0.0442. The Hall–Kier alpha value is -1.35. The van der Waals surface area contributed by atoms with Gasteiger partial charge in [-0.1, -0.05) is 23.2 Å². The molecule has 0 radical (unpaired) electrons. The van der Waals surface area contributed by atoms with Crippen molar-refractivity contribution in [1.82, 2.24) is 9.21 Å². The Morgan fingerprint density at radius 3 is 2.16 bits per heavy atom. The lowest BCUT2D eigenvalue weighted by atomic mass is 10.2. The van der Waals surface area contributed by atoms with Gasteiger partial charge in [-0.25, -0.2) is 18.1 Å². The summed E-state index contributed by atoms with van der Waals surface area (Å²) in [6.07, 6.45) is -0.791. The molecule has 0 aromatic heterocycles. The summed E-state index contributed by atoms with van der Waals surface area (Å²) in [4.78, 5) is 25.0. The summed E-state index contributed by atoms with van der Waals surface area (Å²) in [5.41, 5.74) is -0.752. The zero-order chi connectivity index (χ0) is 19.0. The van der Waals surface area contributed by atoms with Crippen molar-refractivity contribution in [3.05, 3.63) is 28.2 Å². The molecule has 0 atom stereocenters. The van der Waals surface area contributed by atoms with Crippen LogP contribution in [0.25, 0.3) is 0 Å². The third kappa shape index (κ3) is 4.84. The summed E-state index contributed by atoms with van der Waals surface area (Å²) in [7, 11) is -3.96. The van der Waals surface area contributed by atoms with Crippen LogP contribution in [0, 0.1) is 0 Å². The lowest BCUT2D eigenvalue weighted by Crippen LogP contribution is -2.54. The Balaban J connectivity index is 2.17. The van der Waals surface area contributed by atoms with E-state index < -0.39 is 34.2 Å². The van der Waals surface area contributed by atoms with Gasteiger partial charge in [0, 0.05) is 23.1 Å². The van der Waals surface area contributed by atoms with E-state index in [4.69, 9.17) is 27.9 Å². The van der Waals surface area contributed by atoms with E-state index in [9.17, 15) is 18.0 Å². The first-order valence-electron chi connectivity index (χ1n) is 7.40. The van der Waals surface area contributed by atoms with Crippen LogP contribution >= 0.6 is 23.2 Å². The number of halogens is 2. The smallest absolute Gasteiger partial charge is 0.417 e. The minimum Gasteiger partial charge on any atom is -0.443 e. The molecule has 1 heterocycles. The quantitative estimate of drug-likeness (QED) is 0.750. The second kappa shape index (κ2) is 7.11. The Morgan fingerprint density at radius 2 is 1.68 bits per heavy atom. The molecule has 0 aliphatic carbocycles. The molecule has 2 rings (SSSR count). The van der Waals surface area contributed by atoms with Crippen LogP contribution in [-0.4, -0.2) is 54.9 Å². The van der Waals surface area contributed by atoms with Crippen molar-refractivity contribution in [2.24, 2.45) is 0 Å². The second-order valence-corrected chi connectivity index (χ2v) is 9.28. The van der Waals surface area contributed by atoms with E-state index in [1.165, 1.54) is 18.2 Å². The molecule has 0 spiro atoms. The van der Waals surface area contributed by atoms with Crippen LogP contribution in [0.1, 0.15) is 20.8 Å². The Kier molecular flexibility index (Phi) is 5.68. The number of sulfonamides is 1. The van der Waals surface area contributed by atoms with Crippen molar-refractivity contribution in [3.63, 3.8) is 0 Å². The summed E-state index contributed by atoms with van der Waals surface area (Å²) in [5, 5.41) is 0.342. The number of carbonyl (C=O) groups is 2. The van der Waals surface area contributed by atoms with E-state index in [2.05, 4.69) is 0 Å². The maximum absolute atomic E-state index is 12.7. The van der Waals surface area contributed by atoms with Gasteiger partial charge in [0.25, 0.3) is 0 Å². The van der Waals surface area contributed by atoms with Crippen LogP contribution in [0.4, 0.5) is 4.79 Å². The van der Waals surface area contributed by atoms with Gasteiger partial charge in [-0.15, -0.1) is 0 Å². The SMILES string of the molecule is CC(C)(C)OC(=O)N1CCN(S(=O)(=O)c2cc(Cl)cc(Cl)c2)CC1=O. The molecule has 2 amide bonds. The summed E-state index contributed by atoms with van der Waals surface area (Å²) < 4.78 is 31.5. The van der Waals surface area contributed by atoms with Crippen molar-refractivity contribution < 1.29 is 22.7 Å². The van der Waals surface area contributed by atoms with E-state index in [0.29, 0.717) is 0 Å². The van der Waals surface area contributed by atoms with Gasteiger partial charge in [0.05, 0.1) is 11.4 Å². The molecule has 0 N–H and O–H groups in total. The van der Waals surface area contributed by atoms with E-state index in [1.807, 2.05) is 0 Å². The molecule has 10 heteroatoms. The van der Waals surface area contributed by atoms with Crippen LogP contribution in [-0.2, 0) is 19.6 Å². The fraction of sp³-hybridized carbons (Fsp3) is 0.467. The maximum atomic E-state index is 12.7. The molecular formula is C15H18Cl2N2O5S. The molecule has 0 bridgehead atoms. The first-order chi connectivity index (χ1) is 11.4. The summed E-state index contributed by atoms with van der Waals surface area (Å²) >= 11 is 11.7. The van der Waals surface area contributed by atoms with Gasteiger partial charge in [0.2, 0.25) is 15.9 Å². The van der Waals surface area contributed by atoms with Gasteiger partial charge in [-0.05, 0) is 39.0 Å². The normalized spacial score (nSPS) is 16.8. The summed E-state index contributed by atoms with van der Waals surface area (Å²) in [6.45, 7) is 4.43. The number of amides is 2. The van der Waals surface area contributed by atoms with Crippen molar-refractivity contribution >= 4 is 45.2 Å². The van der Waals surface area contributed by atoms with Crippen molar-refractivity contribution in [2.45, 2.75) is 31.3 Å². The number of carbonyl (C=O) groups excluding carboxylic acids is 2. The number of imide groups is 1. The highest BCUT2D eigenvalue weighted by Gasteiger charge is 2.37. The topological polar surface area (TPSA) is 84.0 Å². The number of benzene rings is 1. The number of hydrogen-bond acceptors (Lipinski definition) is 5. The largest absolute Gasteiger partial charge is 0.443 e. The maximum Gasteiger partial charge on any atom is 0.417 e. The molecule has 1 aliphatic heterocycles. The number of nitrogens with zero attached hydrogens (tertiary/aromatic N) is 2. The highest BCUT2D eigenvalue weighted by Crippen LogP contribution is 2.26. The molecule has 0 unspecified atom stereocenters. The summed E-state index contributed by atoms with van der Waals surface area (Å²) in [6, 6.07) is 3.93. The van der Waals surface area contributed by atoms with Crippen molar-refractivity contribution in [2.75, 3.05) is 19.6 Å². The number of piperazine rings is 1. The zero-order valence-corrected chi connectivity index (χ0v) is 16.3. The van der Waals surface area contributed by atoms with E-state index in [1.54, 1.807) is 20.8 Å². The highest BCUT2D eigenvalue weighted by atomic mass is 35.5. The lowest BCUT2D eigenvalue weighted by molar-refractivity contribution is -0.133. The molecule has 1 aliphatic rings. The first kappa shape index (κ1) is 20.0. The molecule has 1 aromatic carbocycles. The van der Waals surface area contributed by atoms with Gasteiger partial charge < -0.3 is 4.74 Å². The van der Waals surface area contributed by atoms with Crippen molar-refractivity contribution in [1.29, 1.82) is 0 Å². The molecule has 25 heavy (non-hydrogen) atoms. The molecule has 0 saturated carbocycles. The number of hydrogen-bond donors (Lipinski definition) is 0. The van der Waals surface area contributed by atoms with Crippen LogP contribution < -0.4 is 0 Å². The second-order valence-electron chi connectivity index (χ2n) is 6.47. The van der Waals surface area contributed by atoms with E-state index >= 15 is 0 Å². The van der Waals surface area contributed by atoms with Crippen LogP contribution in [0.3, 0.4) is 0 Å². The minimum atomic E-state index is -3.96. The number of ether oxygens (including phenoxy) is 1. The van der Waals surface area contributed by atoms with Crippen molar-refractivity contribution in [3.8, 4) is 0 Å². The van der Waals surface area contributed by atoms with E-state index in [0.717, 1.165) is 9.21 Å². The molecule has 1 fully saturated rings. The van der Waals surface area contributed by atoms with E-state index in [-0.39, 0.29) is 28.0 Å². The predicted molar refractivity (Wildman–Crippen MR) is 93.2 cm³/mol. The molecule has 138 valence electrons.